The van der Waals surface area contributed by atoms with Crippen LogP contribution in [0.1, 0.15) is 39.5 Å². The predicted octanol–water partition coefficient (Wildman–Crippen LogP) is 3.97. The third-order valence-corrected chi connectivity index (χ3v) is 5.57. The Labute approximate surface area is 153 Å². The summed E-state index contributed by atoms with van der Waals surface area (Å²) >= 11 is 5.81. The van der Waals surface area contributed by atoms with E-state index in [1.165, 1.54) is 6.07 Å². The third kappa shape index (κ3) is 3.77. The van der Waals surface area contributed by atoms with Crippen LogP contribution in [-0.2, 0) is 9.53 Å². The van der Waals surface area contributed by atoms with Crippen LogP contribution in [0.25, 0.3) is 0 Å². The van der Waals surface area contributed by atoms with E-state index in [9.17, 15) is 9.18 Å². The Balaban J connectivity index is 1.51. The van der Waals surface area contributed by atoms with Gasteiger partial charge in [-0.15, -0.1) is 0 Å². The maximum absolute atomic E-state index is 14.0. The highest BCUT2D eigenvalue weighted by atomic mass is 35.5. The average molecular weight is 369 g/mol. The lowest BCUT2D eigenvalue weighted by Gasteiger charge is -2.60. The lowest BCUT2D eigenvalue weighted by atomic mass is 9.72. The largest absolute Gasteiger partial charge is 0.446 e. The van der Waals surface area contributed by atoms with Crippen molar-refractivity contribution >= 4 is 23.3 Å². The molecule has 2 aliphatic rings. The zero-order chi connectivity index (χ0) is 18.0. The number of carbonyl (C=O) groups is 1. The van der Waals surface area contributed by atoms with Crippen LogP contribution in [0.5, 0.6) is 0 Å². The normalized spacial score (nSPS) is 22.2. The molecule has 0 aromatic heterocycles. The van der Waals surface area contributed by atoms with Crippen molar-refractivity contribution in [3.05, 3.63) is 29.0 Å². The van der Waals surface area contributed by atoms with Crippen molar-refractivity contribution in [1.29, 1.82) is 0 Å². The summed E-state index contributed by atoms with van der Waals surface area (Å²) in [7, 11) is 0. The second kappa shape index (κ2) is 7.50. The van der Waals surface area contributed by atoms with Crippen molar-refractivity contribution in [3.8, 4) is 0 Å². The standard InChI is InChI=1S/C19H26ClFN2O2/c1-3-4-5-6-13(2)17(24)25-18-19(10-22-18)11-23(12-19)16-8-7-14(20)9-15(16)21/h7-9,13,18,22H,3-6,10-12H2,1-2H3. The minimum absolute atomic E-state index is 0.0733. The topological polar surface area (TPSA) is 41.6 Å². The Bertz CT molecular complexity index is 634. The molecule has 1 aromatic rings. The highest BCUT2D eigenvalue weighted by molar-refractivity contribution is 6.30. The van der Waals surface area contributed by atoms with E-state index in [1.807, 2.05) is 11.8 Å². The van der Waals surface area contributed by atoms with Gasteiger partial charge in [-0.2, -0.15) is 0 Å². The number of rotatable bonds is 7. The van der Waals surface area contributed by atoms with E-state index < -0.39 is 0 Å². The van der Waals surface area contributed by atoms with Gasteiger partial charge in [-0.1, -0.05) is 44.7 Å². The molecule has 138 valence electrons. The van der Waals surface area contributed by atoms with Gasteiger partial charge in [0.15, 0.2) is 6.23 Å². The van der Waals surface area contributed by atoms with Crippen molar-refractivity contribution in [2.75, 3.05) is 24.5 Å². The number of anilines is 1. The molecule has 1 aromatic carbocycles. The van der Waals surface area contributed by atoms with Crippen LogP contribution in [0.2, 0.25) is 5.02 Å². The summed E-state index contributed by atoms with van der Waals surface area (Å²) < 4.78 is 19.7. The van der Waals surface area contributed by atoms with Gasteiger partial charge in [0, 0.05) is 24.7 Å². The molecular formula is C19H26ClFN2O2. The Kier molecular flexibility index (Phi) is 5.54. The van der Waals surface area contributed by atoms with E-state index in [1.54, 1.807) is 12.1 Å². The number of unbranched alkanes of at least 4 members (excludes halogenated alkanes) is 2. The number of esters is 1. The molecule has 6 heteroatoms. The molecule has 2 heterocycles. The van der Waals surface area contributed by atoms with E-state index >= 15 is 0 Å². The molecule has 2 fully saturated rings. The first kappa shape index (κ1) is 18.5. The molecular weight excluding hydrogens is 343 g/mol. The fourth-order valence-electron chi connectivity index (χ4n) is 3.59. The van der Waals surface area contributed by atoms with Crippen molar-refractivity contribution in [3.63, 3.8) is 0 Å². The number of hydrogen-bond acceptors (Lipinski definition) is 4. The van der Waals surface area contributed by atoms with Gasteiger partial charge >= 0.3 is 5.97 Å². The molecule has 3 rings (SSSR count). The molecule has 2 saturated heterocycles. The van der Waals surface area contributed by atoms with Crippen molar-refractivity contribution < 1.29 is 13.9 Å². The fraction of sp³-hybridized carbons (Fsp3) is 0.632. The zero-order valence-corrected chi connectivity index (χ0v) is 15.6. The third-order valence-electron chi connectivity index (χ3n) is 5.33. The first-order chi connectivity index (χ1) is 11.9. The Morgan fingerprint density at radius 3 is 2.84 bits per heavy atom. The van der Waals surface area contributed by atoms with E-state index in [-0.39, 0.29) is 29.3 Å². The summed E-state index contributed by atoms with van der Waals surface area (Å²) in [5.41, 5.74) is 0.463. The SMILES string of the molecule is CCCCCC(C)C(=O)OC1NCC12CN(c1ccc(Cl)cc1F)C2. The molecule has 25 heavy (non-hydrogen) atoms. The van der Waals surface area contributed by atoms with Gasteiger partial charge in [-0.25, -0.2) is 4.39 Å². The Hall–Kier alpha value is -1.33. The minimum Gasteiger partial charge on any atom is -0.446 e. The second-order valence-electron chi connectivity index (χ2n) is 7.41. The molecule has 0 aliphatic carbocycles. The van der Waals surface area contributed by atoms with E-state index in [4.69, 9.17) is 16.3 Å². The molecule has 0 amide bonds. The molecule has 0 saturated carbocycles. The number of carbonyl (C=O) groups excluding carboxylic acids is 1. The molecule has 2 atom stereocenters. The van der Waals surface area contributed by atoms with Gasteiger partial charge in [-0.3, -0.25) is 10.1 Å². The lowest BCUT2D eigenvalue weighted by molar-refractivity contribution is -0.180. The van der Waals surface area contributed by atoms with Gasteiger partial charge in [0.05, 0.1) is 17.0 Å². The molecule has 4 nitrogen and oxygen atoms in total. The average Bonchev–Trinajstić information content (AvgIpc) is 2.52. The van der Waals surface area contributed by atoms with Gasteiger partial charge < -0.3 is 9.64 Å². The first-order valence-corrected chi connectivity index (χ1v) is 9.47. The van der Waals surface area contributed by atoms with Crippen molar-refractivity contribution in [2.24, 2.45) is 11.3 Å². The van der Waals surface area contributed by atoms with Crippen LogP contribution in [0.3, 0.4) is 0 Å². The van der Waals surface area contributed by atoms with Crippen LogP contribution in [0, 0.1) is 17.2 Å². The van der Waals surface area contributed by atoms with Gasteiger partial charge in [-0.05, 0) is 24.6 Å². The van der Waals surface area contributed by atoms with Gasteiger partial charge in [0.2, 0.25) is 0 Å². The van der Waals surface area contributed by atoms with E-state index in [2.05, 4.69) is 12.2 Å². The highest BCUT2D eigenvalue weighted by Crippen LogP contribution is 2.43. The van der Waals surface area contributed by atoms with Crippen LogP contribution in [-0.4, -0.2) is 31.8 Å². The first-order valence-electron chi connectivity index (χ1n) is 9.09. The number of nitrogens with zero attached hydrogens (tertiary/aromatic N) is 1. The van der Waals surface area contributed by atoms with Crippen molar-refractivity contribution in [2.45, 2.75) is 45.8 Å². The number of hydrogen-bond donors (Lipinski definition) is 1. The van der Waals surface area contributed by atoms with Crippen molar-refractivity contribution in [1.82, 2.24) is 5.32 Å². The molecule has 2 aliphatic heterocycles. The number of benzene rings is 1. The van der Waals surface area contributed by atoms with Crippen LogP contribution >= 0.6 is 11.6 Å². The van der Waals surface area contributed by atoms with E-state index in [0.29, 0.717) is 23.8 Å². The number of nitrogens with one attached hydrogen (secondary N) is 1. The summed E-state index contributed by atoms with van der Waals surface area (Å²) in [5, 5.41) is 3.60. The van der Waals surface area contributed by atoms with E-state index in [0.717, 1.165) is 32.2 Å². The maximum atomic E-state index is 14.0. The van der Waals surface area contributed by atoms with Crippen LogP contribution in [0.15, 0.2) is 18.2 Å². The fourth-order valence-corrected chi connectivity index (χ4v) is 3.75. The van der Waals surface area contributed by atoms with Gasteiger partial charge in [0.1, 0.15) is 5.82 Å². The quantitative estimate of drug-likeness (QED) is 0.584. The molecule has 0 bridgehead atoms. The smallest absolute Gasteiger partial charge is 0.310 e. The van der Waals surface area contributed by atoms with Crippen LogP contribution < -0.4 is 10.2 Å². The molecule has 1 N–H and O–H groups in total. The molecule has 1 spiro atoms. The highest BCUT2D eigenvalue weighted by Gasteiger charge is 2.57. The summed E-state index contributed by atoms with van der Waals surface area (Å²) in [6.07, 6.45) is 3.95. The summed E-state index contributed by atoms with van der Waals surface area (Å²) in [6.45, 7) is 6.23. The summed E-state index contributed by atoms with van der Waals surface area (Å²) in [6, 6.07) is 4.73. The number of halogens is 2. The number of ether oxygens (including phenoxy) is 1. The summed E-state index contributed by atoms with van der Waals surface area (Å²) in [4.78, 5) is 14.2. The van der Waals surface area contributed by atoms with Gasteiger partial charge in [0.25, 0.3) is 0 Å². The zero-order valence-electron chi connectivity index (χ0n) is 14.9. The molecule has 0 radical (unpaired) electrons. The maximum Gasteiger partial charge on any atom is 0.310 e. The lowest BCUT2D eigenvalue weighted by Crippen LogP contribution is -2.77. The Morgan fingerprint density at radius 2 is 2.24 bits per heavy atom. The summed E-state index contributed by atoms with van der Waals surface area (Å²) in [5.74, 6) is -0.521. The Morgan fingerprint density at radius 1 is 1.48 bits per heavy atom. The monoisotopic (exact) mass is 368 g/mol. The molecule has 2 unspecified atom stereocenters. The van der Waals surface area contributed by atoms with Crippen LogP contribution in [0.4, 0.5) is 10.1 Å². The minimum atomic E-state index is -0.312. The predicted molar refractivity (Wildman–Crippen MR) is 97.2 cm³/mol. The second-order valence-corrected chi connectivity index (χ2v) is 7.85.